The quantitative estimate of drug-likeness (QED) is 0.294. The van der Waals surface area contributed by atoms with Gasteiger partial charge in [-0.1, -0.05) is 38.5 Å². The molecule has 9 nitrogen and oxygen atoms in total. The Hall–Kier alpha value is -4.35. The number of halogens is 3. The van der Waals surface area contributed by atoms with Crippen LogP contribution in [0.3, 0.4) is 0 Å². The van der Waals surface area contributed by atoms with E-state index in [9.17, 15) is 22.8 Å². The number of nitrogen functional groups attached to an aromatic ring is 1. The molecule has 1 saturated carbocycles. The molecule has 1 aliphatic carbocycles. The SMILES string of the molecule is C1CCCCC1.CC(=O)NCc1cc(F)c(N)nc1-c1c[nH]c2c(F)cc(F)cc12.Cn1cnc(C(N)=O)c1. The number of nitrogens with two attached hydrogens (primary N) is 2. The summed E-state index contributed by atoms with van der Waals surface area (Å²) in [4.78, 5) is 31.9. The summed E-state index contributed by atoms with van der Waals surface area (Å²) in [6.45, 7) is 1.32. The van der Waals surface area contributed by atoms with Crippen LogP contribution in [-0.4, -0.2) is 31.3 Å². The van der Waals surface area contributed by atoms with Gasteiger partial charge in [0.2, 0.25) is 5.91 Å². The average Bonchev–Trinajstić information content (AvgIpc) is 3.53. The van der Waals surface area contributed by atoms with Gasteiger partial charge in [-0.3, -0.25) is 9.59 Å². The Bertz CT molecular complexity index is 1430. The fourth-order valence-electron chi connectivity index (χ4n) is 4.08. The number of carbonyl (C=O) groups excluding carboxylic acids is 2. The Morgan fingerprint density at radius 2 is 1.69 bits per heavy atom. The van der Waals surface area contributed by atoms with Crippen molar-refractivity contribution in [3.05, 3.63) is 65.6 Å². The van der Waals surface area contributed by atoms with Gasteiger partial charge in [0, 0.05) is 55.5 Å². The Labute approximate surface area is 223 Å². The minimum Gasteiger partial charge on any atom is -0.381 e. The highest BCUT2D eigenvalue weighted by Crippen LogP contribution is 2.33. The lowest BCUT2D eigenvalue weighted by Crippen LogP contribution is -2.20. The van der Waals surface area contributed by atoms with Gasteiger partial charge in [-0.05, 0) is 12.1 Å². The van der Waals surface area contributed by atoms with Crippen molar-refractivity contribution in [1.29, 1.82) is 0 Å². The number of nitrogens with zero attached hydrogens (tertiary/aromatic N) is 3. The number of hydrogen-bond donors (Lipinski definition) is 4. The first-order chi connectivity index (χ1) is 18.6. The summed E-state index contributed by atoms with van der Waals surface area (Å²) < 4.78 is 42.8. The molecule has 2 amide bonds. The van der Waals surface area contributed by atoms with Crippen LogP contribution in [0.4, 0.5) is 19.0 Å². The van der Waals surface area contributed by atoms with Crippen molar-refractivity contribution in [1.82, 2.24) is 24.8 Å². The third-order valence-corrected chi connectivity index (χ3v) is 6.03. The number of hydrogen-bond acceptors (Lipinski definition) is 5. The number of benzene rings is 1. The van der Waals surface area contributed by atoms with Gasteiger partial charge in [0.25, 0.3) is 5.91 Å². The first-order valence-corrected chi connectivity index (χ1v) is 12.5. The molecule has 0 saturated heterocycles. The summed E-state index contributed by atoms with van der Waals surface area (Å²) in [6, 6.07) is 3.04. The van der Waals surface area contributed by atoms with Gasteiger partial charge >= 0.3 is 0 Å². The molecule has 12 heteroatoms. The number of carbonyl (C=O) groups is 2. The zero-order valence-electron chi connectivity index (χ0n) is 21.9. The van der Waals surface area contributed by atoms with Crippen LogP contribution in [0.1, 0.15) is 61.5 Å². The molecule has 1 aromatic carbocycles. The van der Waals surface area contributed by atoms with Crippen molar-refractivity contribution in [2.45, 2.75) is 52.0 Å². The predicted molar refractivity (Wildman–Crippen MR) is 143 cm³/mol. The van der Waals surface area contributed by atoms with E-state index in [1.165, 1.54) is 58.0 Å². The zero-order valence-corrected chi connectivity index (χ0v) is 21.9. The van der Waals surface area contributed by atoms with E-state index in [2.05, 4.69) is 20.3 Å². The van der Waals surface area contributed by atoms with E-state index >= 15 is 0 Å². The van der Waals surface area contributed by atoms with E-state index in [4.69, 9.17) is 11.5 Å². The number of primary amides is 1. The van der Waals surface area contributed by atoms with Gasteiger partial charge < -0.3 is 26.3 Å². The van der Waals surface area contributed by atoms with E-state index in [0.29, 0.717) is 16.8 Å². The summed E-state index contributed by atoms with van der Waals surface area (Å²) in [5.74, 6) is -3.39. The molecule has 39 heavy (non-hydrogen) atoms. The van der Waals surface area contributed by atoms with Crippen molar-refractivity contribution < 1.29 is 22.8 Å². The van der Waals surface area contributed by atoms with E-state index in [0.717, 1.165) is 18.2 Å². The summed E-state index contributed by atoms with van der Waals surface area (Å²) in [6.07, 6.45) is 13.5. The summed E-state index contributed by atoms with van der Waals surface area (Å²) in [5.41, 5.74) is 11.8. The molecular weight excluding hydrogens is 511 g/mol. The highest BCUT2D eigenvalue weighted by molar-refractivity contribution is 5.96. The van der Waals surface area contributed by atoms with E-state index < -0.39 is 23.4 Å². The molecule has 208 valence electrons. The maximum atomic E-state index is 13.8. The molecule has 0 radical (unpaired) electrons. The normalized spacial score (nSPS) is 12.6. The Balaban J connectivity index is 0.000000227. The van der Waals surface area contributed by atoms with Crippen LogP contribution in [0.25, 0.3) is 22.2 Å². The summed E-state index contributed by atoms with van der Waals surface area (Å²) in [7, 11) is 1.78. The largest absolute Gasteiger partial charge is 0.381 e. The van der Waals surface area contributed by atoms with Gasteiger partial charge in [0.1, 0.15) is 17.3 Å². The second-order valence-electron chi connectivity index (χ2n) is 9.20. The number of rotatable bonds is 4. The first-order valence-electron chi connectivity index (χ1n) is 12.5. The molecule has 5 rings (SSSR count). The molecule has 3 aromatic heterocycles. The number of aryl methyl sites for hydroxylation is 1. The highest BCUT2D eigenvalue weighted by atomic mass is 19.1. The third-order valence-electron chi connectivity index (χ3n) is 6.03. The molecule has 0 spiro atoms. The predicted octanol–water partition coefficient (Wildman–Crippen LogP) is 4.73. The molecule has 6 N–H and O–H groups in total. The minimum absolute atomic E-state index is 0.000657. The van der Waals surface area contributed by atoms with Gasteiger partial charge in [-0.2, -0.15) is 0 Å². The Morgan fingerprint density at radius 3 is 2.21 bits per heavy atom. The number of aromatic nitrogens is 4. The van der Waals surface area contributed by atoms with Crippen molar-refractivity contribution in [3.63, 3.8) is 0 Å². The van der Waals surface area contributed by atoms with Gasteiger partial charge in [-0.15, -0.1) is 0 Å². The number of amides is 2. The van der Waals surface area contributed by atoms with Crippen molar-refractivity contribution in [3.8, 4) is 11.3 Å². The smallest absolute Gasteiger partial charge is 0.268 e. The summed E-state index contributed by atoms with van der Waals surface area (Å²) >= 11 is 0. The van der Waals surface area contributed by atoms with E-state index in [1.807, 2.05) is 0 Å². The van der Waals surface area contributed by atoms with Gasteiger partial charge in [0.15, 0.2) is 11.6 Å². The Morgan fingerprint density at radius 1 is 1.05 bits per heavy atom. The van der Waals surface area contributed by atoms with Gasteiger partial charge in [-0.25, -0.2) is 23.1 Å². The number of H-pyrrole nitrogens is 1. The molecule has 0 bridgehead atoms. The van der Waals surface area contributed by atoms with Gasteiger partial charge in [0.05, 0.1) is 17.5 Å². The van der Waals surface area contributed by atoms with Crippen LogP contribution in [-0.2, 0) is 18.4 Å². The molecule has 4 aromatic rings. The number of anilines is 1. The molecule has 1 aliphatic rings. The van der Waals surface area contributed by atoms with Crippen molar-refractivity contribution >= 4 is 28.5 Å². The molecule has 0 atom stereocenters. The fourth-order valence-corrected chi connectivity index (χ4v) is 4.08. The second-order valence-corrected chi connectivity index (χ2v) is 9.20. The van der Waals surface area contributed by atoms with Crippen LogP contribution in [0.15, 0.2) is 36.9 Å². The number of fused-ring (bicyclic) bond motifs is 1. The van der Waals surface area contributed by atoms with E-state index in [1.54, 1.807) is 17.8 Å². The third kappa shape index (κ3) is 8.06. The zero-order chi connectivity index (χ0) is 28.5. The average molecular weight is 544 g/mol. The maximum Gasteiger partial charge on any atom is 0.268 e. The molecule has 0 aliphatic heterocycles. The standard InChI is InChI=1S/C16H13F3N4O.C6H12.C5H7N3O/c1-7(24)21-5-8-2-13(19)16(20)23-14(8)11-6-22-15-10(11)3-9(17)4-12(15)18;1-2-4-6-5-3-1;1-8-2-4(5(6)9)7-3-8/h2-4,6,22H,5H2,1H3,(H2,20,23)(H,21,24);1-6H2;2-3H,1H3,(H2,6,9). The van der Waals surface area contributed by atoms with Crippen molar-refractivity contribution in [2.75, 3.05) is 5.73 Å². The monoisotopic (exact) mass is 543 g/mol. The molecule has 3 heterocycles. The maximum absolute atomic E-state index is 13.8. The number of nitrogens with one attached hydrogen (secondary N) is 2. The molecule has 1 fully saturated rings. The minimum atomic E-state index is -0.755. The van der Waals surface area contributed by atoms with Crippen LogP contribution in [0.5, 0.6) is 0 Å². The molecule has 0 unspecified atom stereocenters. The summed E-state index contributed by atoms with van der Waals surface area (Å²) in [5, 5.41) is 2.78. The fraction of sp³-hybridized carbons (Fsp3) is 0.333. The first kappa shape index (κ1) is 29.2. The van der Waals surface area contributed by atoms with Crippen LogP contribution >= 0.6 is 0 Å². The van der Waals surface area contributed by atoms with Crippen LogP contribution < -0.4 is 16.8 Å². The van der Waals surface area contributed by atoms with Crippen LogP contribution in [0.2, 0.25) is 0 Å². The van der Waals surface area contributed by atoms with Crippen LogP contribution in [0, 0.1) is 17.5 Å². The highest BCUT2D eigenvalue weighted by Gasteiger charge is 2.18. The molecular formula is C27H32F3N7O2. The number of imidazole rings is 1. The second kappa shape index (κ2) is 13.4. The lowest BCUT2D eigenvalue weighted by molar-refractivity contribution is -0.119. The Kier molecular flexibility index (Phi) is 10.1. The lowest BCUT2D eigenvalue weighted by atomic mass is 10.0. The topological polar surface area (TPSA) is 145 Å². The van der Waals surface area contributed by atoms with E-state index in [-0.39, 0.29) is 34.9 Å². The number of aromatic amines is 1. The van der Waals surface area contributed by atoms with Crippen molar-refractivity contribution in [2.24, 2.45) is 12.8 Å². The lowest BCUT2D eigenvalue weighted by Gasteiger charge is -2.10. The number of pyridine rings is 1.